The number of aldehydes is 1. The fourth-order valence-corrected chi connectivity index (χ4v) is 0.822. The first-order chi connectivity index (χ1) is 5.95. The molecule has 1 rings (SSSR count). The predicted molar refractivity (Wildman–Crippen MR) is 39.0 cm³/mol. The number of nitrogens with two attached hydrogens (primary N) is 1. The van der Waals surface area contributed by atoms with Gasteiger partial charge in [-0.1, -0.05) is 0 Å². The smallest absolute Gasteiger partial charge is 0.384 e. The van der Waals surface area contributed by atoms with E-state index < -0.39 is 17.3 Å². The van der Waals surface area contributed by atoms with Gasteiger partial charge in [0.2, 0.25) is 0 Å². The number of pyridine rings is 1. The summed E-state index contributed by atoms with van der Waals surface area (Å²) in [5, 5.41) is 0. The van der Waals surface area contributed by atoms with Gasteiger partial charge in [-0.2, -0.15) is 13.2 Å². The van der Waals surface area contributed by atoms with Gasteiger partial charge in [-0.25, -0.2) is 4.98 Å². The summed E-state index contributed by atoms with van der Waals surface area (Å²) >= 11 is 0. The molecule has 0 atom stereocenters. The fourth-order valence-electron chi connectivity index (χ4n) is 0.822. The van der Waals surface area contributed by atoms with Crippen molar-refractivity contribution in [3.8, 4) is 0 Å². The highest BCUT2D eigenvalue weighted by Crippen LogP contribution is 2.31. The van der Waals surface area contributed by atoms with Gasteiger partial charge in [-0.05, 0) is 6.07 Å². The molecule has 0 radical (unpaired) electrons. The van der Waals surface area contributed by atoms with Gasteiger partial charge in [-0.3, -0.25) is 4.79 Å². The second-order valence-corrected chi connectivity index (χ2v) is 2.31. The summed E-state index contributed by atoms with van der Waals surface area (Å²) in [6, 6.07) is 0.629. The van der Waals surface area contributed by atoms with Crippen LogP contribution >= 0.6 is 0 Å². The molecule has 13 heavy (non-hydrogen) atoms. The zero-order chi connectivity index (χ0) is 10.1. The molecule has 0 fully saturated rings. The molecule has 0 saturated heterocycles. The number of hydrogen-bond acceptors (Lipinski definition) is 3. The molecule has 0 spiro atoms. The molecule has 0 amide bonds. The van der Waals surface area contributed by atoms with E-state index in [4.69, 9.17) is 5.73 Å². The lowest BCUT2D eigenvalue weighted by Crippen LogP contribution is -2.10. The van der Waals surface area contributed by atoms with Crippen LogP contribution in [-0.2, 0) is 6.18 Å². The number of halogens is 3. The van der Waals surface area contributed by atoms with Crippen LogP contribution in [0.4, 0.5) is 19.0 Å². The molecule has 0 aliphatic heterocycles. The molecule has 0 unspecified atom stereocenters. The quantitative estimate of drug-likeness (QED) is 0.682. The summed E-state index contributed by atoms with van der Waals surface area (Å²) < 4.78 is 36.5. The first-order valence-corrected chi connectivity index (χ1v) is 3.23. The van der Waals surface area contributed by atoms with Gasteiger partial charge in [0.1, 0.15) is 5.82 Å². The highest BCUT2D eigenvalue weighted by Gasteiger charge is 2.33. The van der Waals surface area contributed by atoms with Crippen LogP contribution in [0.5, 0.6) is 0 Å². The molecule has 3 nitrogen and oxygen atoms in total. The SMILES string of the molecule is Nc1cc(C(F)(F)F)c(C=O)cn1. The van der Waals surface area contributed by atoms with Crippen molar-refractivity contribution in [1.29, 1.82) is 0 Å². The maximum absolute atomic E-state index is 12.2. The van der Waals surface area contributed by atoms with Crippen molar-refractivity contribution in [2.75, 3.05) is 5.73 Å². The Balaban J connectivity index is 3.32. The Morgan fingerprint density at radius 2 is 2.08 bits per heavy atom. The minimum atomic E-state index is -4.58. The molecule has 0 bridgehead atoms. The molecule has 6 heteroatoms. The molecule has 0 aromatic carbocycles. The van der Waals surface area contributed by atoms with Crippen molar-refractivity contribution in [2.24, 2.45) is 0 Å². The average molecular weight is 190 g/mol. The topological polar surface area (TPSA) is 56.0 Å². The largest absolute Gasteiger partial charge is 0.417 e. The lowest BCUT2D eigenvalue weighted by Gasteiger charge is -2.08. The molecule has 1 aromatic rings. The zero-order valence-electron chi connectivity index (χ0n) is 6.30. The second-order valence-electron chi connectivity index (χ2n) is 2.31. The van der Waals surface area contributed by atoms with Gasteiger partial charge < -0.3 is 5.73 Å². The van der Waals surface area contributed by atoms with Crippen LogP contribution in [0.25, 0.3) is 0 Å². The molecule has 0 aliphatic rings. The molecule has 0 saturated carbocycles. The summed E-state index contributed by atoms with van der Waals surface area (Å²) in [4.78, 5) is 13.6. The van der Waals surface area contributed by atoms with Crippen molar-refractivity contribution in [3.05, 3.63) is 23.4 Å². The average Bonchev–Trinajstić information content (AvgIpc) is 2.03. The summed E-state index contributed by atoms with van der Waals surface area (Å²) in [6.07, 6.45) is -3.69. The number of nitrogens with zero attached hydrogens (tertiary/aromatic N) is 1. The molecule has 2 N–H and O–H groups in total. The Kier molecular flexibility index (Phi) is 2.22. The van der Waals surface area contributed by atoms with Crippen LogP contribution in [0.2, 0.25) is 0 Å². The Bertz CT molecular complexity index is 335. The summed E-state index contributed by atoms with van der Waals surface area (Å²) in [5.74, 6) is -0.266. The minimum absolute atomic E-state index is 0.0925. The van der Waals surface area contributed by atoms with Crippen molar-refractivity contribution in [3.63, 3.8) is 0 Å². The molecule has 1 aromatic heterocycles. The third kappa shape index (κ3) is 1.95. The highest BCUT2D eigenvalue weighted by molar-refractivity contribution is 5.77. The lowest BCUT2D eigenvalue weighted by molar-refractivity contribution is -0.137. The molecule has 0 aliphatic carbocycles. The second kappa shape index (κ2) is 3.04. The van der Waals surface area contributed by atoms with Gasteiger partial charge in [0.15, 0.2) is 6.29 Å². The van der Waals surface area contributed by atoms with Crippen molar-refractivity contribution in [2.45, 2.75) is 6.18 Å². The first kappa shape index (κ1) is 9.50. The third-order valence-electron chi connectivity index (χ3n) is 1.39. The maximum Gasteiger partial charge on any atom is 0.417 e. The predicted octanol–water partition coefficient (Wildman–Crippen LogP) is 1.50. The van der Waals surface area contributed by atoms with Crippen LogP contribution < -0.4 is 5.73 Å². The van der Waals surface area contributed by atoms with E-state index >= 15 is 0 Å². The molecule has 1 heterocycles. The van der Waals surface area contributed by atoms with Gasteiger partial charge in [0.25, 0.3) is 0 Å². The molecule has 70 valence electrons. The molecular weight excluding hydrogens is 185 g/mol. The Morgan fingerprint density at radius 3 is 2.54 bits per heavy atom. The third-order valence-corrected chi connectivity index (χ3v) is 1.39. The number of hydrogen-bond donors (Lipinski definition) is 1. The Morgan fingerprint density at radius 1 is 1.46 bits per heavy atom. The summed E-state index contributed by atoms with van der Waals surface area (Å²) in [7, 11) is 0. The summed E-state index contributed by atoms with van der Waals surface area (Å²) in [6.45, 7) is 0. The van der Waals surface area contributed by atoms with Crippen LogP contribution in [0.15, 0.2) is 12.3 Å². The number of rotatable bonds is 1. The van der Waals surface area contributed by atoms with E-state index in [1.54, 1.807) is 0 Å². The van der Waals surface area contributed by atoms with Crippen LogP contribution in [0.1, 0.15) is 15.9 Å². The Labute approximate surface area is 71.4 Å². The van der Waals surface area contributed by atoms with Crippen molar-refractivity contribution < 1.29 is 18.0 Å². The number of anilines is 1. The van der Waals surface area contributed by atoms with E-state index in [1.807, 2.05) is 0 Å². The normalized spacial score (nSPS) is 11.3. The van der Waals surface area contributed by atoms with E-state index in [0.29, 0.717) is 6.07 Å². The van der Waals surface area contributed by atoms with E-state index in [9.17, 15) is 18.0 Å². The standard InChI is InChI=1S/C7H5F3N2O/c8-7(9,10)5-1-6(11)12-2-4(5)3-13/h1-3H,(H2,11,12). The number of nitrogen functional groups attached to an aromatic ring is 1. The zero-order valence-corrected chi connectivity index (χ0v) is 6.30. The van der Waals surface area contributed by atoms with E-state index in [1.165, 1.54) is 0 Å². The van der Waals surface area contributed by atoms with E-state index in [-0.39, 0.29) is 12.1 Å². The van der Waals surface area contributed by atoms with Gasteiger partial charge in [0.05, 0.1) is 5.56 Å². The van der Waals surface area contributed by atoms with E-state index in [2.05, 4.69) is 4.98 Å². The number of carbonyl (C=O) groups is 1. The van der Waals surface area contributed by atoms with Crippen molar-refractivity contribution >= 4 is 12.1 Å². The lowest BCUT2D eigenvalue weighted by atomic mass is 10.1. The van der Waals surface area contributed by atoms with Gasteiger partial charge in [-0.15, -0.1) is 0 Å². The van der Waals surface area contributed by atoms with Crippen LogP contribution in [0, 0.1) is 0 Å². The first-order valence-electron chi connectivity index (χ1n) is 3.23. The highest BCUT2D eigenvalue weighted by atomic mass is 19.4. The number of alkyl halides is 3. The van der Waals surface area contributed by atoms with Crippen molar-refractivity contribution in [1.82, 2.24) is 4.98 Å². The summed E-state index contributed by atoms with van der Waals surface area (Å²) in [5.41, 5.74) is 3.48. The van der Waals surface area contributed by atoms with E-state index in [0.717, 1.165) is 6.20 Å². The fraction of sp³-hybridized carbons (Fsp3) is 0.143. The Hall–Kier alpha value is -1.59. The minimum Gasteiger partial charge on any atom is -0.384 e. The van der Waals surface area contributed by atoms with Gasteiger partial charge in [0, 0.05) is 11.8 Å². The van der Waals surface area contributed by atoms with Crippen LogP contribution in [-0.4, -0.2) is 11.3 Å². The number of carbonyl (C=O) groups excluding carboxylic acids is 1. The maximum atomic E-state index is 12.2. The number of aromatic nitrogens is 1. The molecular formula is C7H5F3N2O. The monoisotopic (exact) mass is 190 g/mol. The van der Waals surface area contributed by atoms with Gasteiger partial charge >= 0.3 is 6.18 Å². The van der Waals surface area contributed by atoms with Crippen LogP contribution in [0.3, 0.4) is 0 Å².